The molecule has 0 spiro atoms. The number of nitrogens with zero attached hydrogens (tertiary/aromatic N) is 2. The summed E-state index contributed by atoms with van der Waals surface area (Å²) >= 11 is 5.36. The molecule has 2 aromatic carbocycles. The van der Waals surface area contributed by atoms with Gasteiger partial charge in [0.1, 0.15) is 0 Å². The van der Waals surface area contributed by atoms with Crippen molar-refractivity contribution in [2.45, 2.75) is 44.7 Å². The lowest BCUT2D eigenvalue weighted by Gasteiger charge is -2.22. The van der Waals surface area contributed by atoms with Crippen LogP contribution >= 0.6 is 12.2 Å². The van der Waals surface area contributed by atoms with Gasteiger partial charge in [-0.05, 0) is 63.3 Å². The average Bonchev–Trinajstić information content (AvgIpc) is 2.75. The van der Waals surface area contributed by atoms with Crippen molar-refractivity contribution in [2.75, 3.05) is 20.6 Å². The summed E-state index contributed by atoms with van der Waals surface area (Å²) in [4.78, 5) is 30.4. The van der Waals surface area contributed by atoms with Crippen molar-refractivity contribution in [1.29, 1.82) is 0 Å². The van der Waals surface area contributed by atoms with Crippen molar-refractivity contribution < 1.29 is 4.79 Å². The number of para-hydroxylation sites is 1. The number of aromatic nitrogens is 2. The van der Waals surface area contributed by atoms with E-state index in [-0.39, 0.29) is 17.5 Å². The molecule has 0 saturated heterocycles. The summed E-state index contributed by atoms with van der Waals surface area (Å²) in [6.45, 7) is 1.35. The van der Waals surface area contributed by atoms with Crippen LogP contribution in [0.5, 0.6) is 0 Å². The zero-order valence-corrected chi connectivity index (χ0v) is 19.7. The van der Waals surface area contributed by atoms with Crippen LogP contribution in [-0.4, -0.2) is 47.0 Å². The van der Waals surface area contributed by atoms with Gasteiger partial charge >= 0.3 is 0 Å². The van der Waals surface area contributed by atoms with Gasteiger partial charge in [0.05, 0.1) is 10.9 Å². The quantitative estimate of drug-likeness (QED) is 0.342. The Kier molecular flexibility index (Phi) is 8.76. The normalized spacial score (nSPS) is 12.2. The van der Waals surface area contributed by atoms with Gasteiger partial charge in [0.25, 0.3) is 5.56 Å². The second-order valence-electron chi connectivity index (χ2n) is 8.46. The van der Waals surface area contributed by atoms with Crippen molar-refractivity contribution in [1.82, 2.24) is 19.8 Å². The molecule has 1 atom stereocenters. The van der Waals surface area contributed by atoms with Crippen LogP contribution in [0.15, 0.2) is 59.4 Å². The second kappa shape index (κ2) is 11.7. The Morgan fingerprint density at radius 3 is 2.53 bits per heavy atom. The van der Waals surface area contributed by atoms with E-state index in [2.05, 4.69) is 27.3 Å². The van der Waals surface area contributed by atoms with Crippen LogP contribution in [0.3, 0.4) is 0 Å². The van der Waals surface area contributed by atoms with Gasteiger partial charge in [-0.2, -0.15) is 0 Å². The van der Waals surface area contributed by atoms with Gasteiger partial charge < -0.3 is 15.2 Å². The van der Waals surface area contributed by atoms with Crippen LogP contribution in [0.4, 0.5) is 0 Å². The van der Waals surface area contributed by atoms with Crippen molar-refractivity contribution >= 4 is 29.0 Å². The van der Waals surface area contributed by atoms with Gasteiger partial charge in [-0.25, -0.2) is 0 Å². The highest BCUT2D eigenvalue weighted by atomic mass is 32.1. The first kappa shape index (κ1) is 23.9. The van der Waals surface area contributed by atoms with Gasteiger partial charge in [0.15, 0.2) is 4.77 Å². The highest BCUT2D eigenvalue weighted by Crippen LogP contribution is 2.09. The first-order chi connectivity index (χ1) is 15.4. The molecule has 6 nitrogen and oxygen atoms in total. The molecule has 0 aliphatic rings. The maximum Gasteiger partial charge on any atom is 0.262 e. The molecule has 0 saturated carbocycles. The molecule has 0 aliphatic heterocycles. The molecule has 1 unspecified atom stereocenters. The van der Waals surface area contributed by atoms with E-state index >= 15 is 0 Å². The number of carbonyl (C=O) groups is 1. The molecule has 0 fully saturated rings. The fourth-order valence-electron chi connectivity index (χ4n) is 3.93. The van der Waals surface area contributed by atoms with Crippen molar-refractivity contribution in [3.63, 3.8) is 0 Å². The summed E-state index contributed by atoms with van der Waals surface area (Å²) in [6.07, 6.45) is 3.74. The molecular formula is C25H32N4O2S. The van der Waals surface area contributed by atoms with E-state index in [1.54, 1.807) is 4.57 Å². The Morgan fingerprint density at radius 2 is 1.78 bits per heavy atom. The second-order valence-corrected chi connectivity index (χ2v) is 8.85. The fourth-order valence-corrected chi connectivity index (χ4v) is 4.22. The van der Waals surface area contributed by atoms with Gasteiger partial charge in [-0.1, -0.05) is 48.9 Å². The molecule has 1 heterocycles. The van der Waals surface area contributed by atoms with Gasteiger partial charge in [-0.3, -0.25) is 14.2 Å². The van der Waals surface area contributed by atoms with Gasteiger partial charge in [0.2, 0.25) is 5.91 Å². The number of rotatable bonds is 11. The first-order valence-electron chi connectivity index (χ1n) is 11.1. The van der Waals surface area contributed by atoms with E-state index in [0.717, 1.165) is 37.7 Å². The third kappa shape index (κ3) is 6.87. The monoisotopic (exact) mass is 452 g/mol. The minimum atomic E-state index is -0.0606. The third-order valence-electron chi connectivity index (χ3n) is 5.45. The van der Waals surface area contributed by atoms with E-state index in [1.165, 1.54) is 5.56 Å². The number of H-pyrrole nitrogens is 1. The Morgan fingerprint density at radius 1 is 1.06 bits per heavy atom. The van der Waals surface area contributed by atoms with Gasteiger partial charge in [-0.15, -0.1) is 0 Å². The minimum absolute atomic E-state index is 0.0606. The molecule has 2 N–H and O–H groups in total. The van der Waals surface area contributed by atoms with E-state index in [0.29, 0.717) is 23.1 Å². The zero-order chi connectivity index (χ0) is 22.9. The smallest absolute Gasteiger partial charge is 0.262 e. The van der Waals surface area contributed by atoms with E-state index in [1.807, 2.05) is 56.6 Å². The Labute approximate surface area is 194 Å². The first-order valence-corrected chi connectivity index (χ1v) is 11.5. The molecule has 3 rings (SSSR count). The molecular weight excluding hydrogens is 420 g/mol. The summed E-state index contributed by atoms with van der Waals surface area (Å²) in [5.74, 6) is 0.0768. The predicted molar refractivity (Wildman–Crippen MR) is 132 cm³/mol. The molecule has 1 aromatic heterocycles. The Hall–Kier alpha value is -2.77. The van der Waals surface area contributed by atoms with E-state index < -0.39 is 0 Å². The number of carbonyl (C=O) groups excluding carboxylic acids is 1. The number of unbranched alkanes of at least 4 members (excludes halogenated alkanes) is 2. The average molecular weight is 453 g/mol. The zero-order valence-electron chi connectivity index (χ0n) is 18.8. The lowest BCUT2D eigenvalue weighted by Crippen LogP contribution is -2.43. The number of amides is 1. The van der Waals surface area contributed by atoms with Crippen LogP contribution in [-0.2, 0) is 17.8 Å². The summed E-state index contributed by atoms with van der Waals surface area (Å²) in [5.41, 5.74) is 1.92. The lowest BCUT2D eigenvalue weighted by molar-refractivity contribution is -0.122. The van der Waals surface area contributed by atoms with Crippen LogP contribution in [0.1, 0.15) is 31.2 Å². The van der Waals surface area contributed by atoms with E-state index in [9.17, 15) is 9.59 Å². The SMILES string of the molecule is CN(C)CC(Cc1ccccc1)NC(=O)CCCCCn1c(=S)[nH]c2ccccc2c1=O. The largest absolute Gasteiger partial charge is 0.352 e. The third-order valence-corrected chi connectivity index (χ3v) is 5.77. The predicted octanol–water partition coefficient (Wildman–Crippen LogP) is 3.91. The number of benzene rings is 2. The molecule has 170 valence electrons. The van der Waals surface area contributed by atoms with E-state index in [4.69, 9.17) is 12.2 Å². The minimum Gasteiger partial charge on any atom is -0.352 e. The summed E-state index contributed by atoms with van der Waals surface area (Å²) in [5, 5.41) is 3.83. The van der Waals surface area contributed by atoms with Crippen molar-refractivity contribution in [2.24, 2.45) is 0 Å². The number of hydrogen-bond donors (Lipinski definition) is 2. The Balaban J connectivity index is 1.47. The maximum absolute atomic E-state index is 12.7. The summed E-state index contributed by atoms with van der Waals surface area (Å²) in [7, 11) is 4.04. The molecule has 0 aliphatic carbocycles. The number of fused-ring (bicyclic) bond motifs is 1. The standard InChI is InChI=1S/C25H32N4O2S/c1-28(2)18-20(17-19-11-5-3-6-12-19)26-23(30)15-7-4-10-16-29-24(31)21-13-8-9-14-22(21)27-25(29)32/h3,5-6,8-9,11-14,20H,4,7,10,15-18H2,1-2H3,(H,26,30)(H,27,32). The van der Waals surface area contributed by atoms with Crippen molar-refractivity contribution in [3.05, 3.63) is 75.3 Å². The van der Waals surface area contributed by atoms with Crippen molar-refractivity contribution in [3.8, 4) is 0 Å². The Bertz CT molecular complexity index is 1140. The number of likely N-dealkylation sites (N-methyl/N-ethyl adjacent to an activating group) is 1. The molecule has 1 amide bonds. The van der Waals surface area contributed by atoms with Crippen LogP contribution in [0, 0.1) is 4.77 Å². The number of hydrogen-bond acceptors (Lipinski definition) is 4. The van der Waals surface area contributed by atoms with Gasteiger partial charge in [0, 0.05) is 25.6 Å². The van der Waals surface area contributed by atoms with Crippen LogP contribution in [0.25, 0.3) is 10.9 Å². The molecule has 7 heteroatoms. The van der Waals surface area contributed by atoms with Crippen LogP contribution in [0.2, 0.25) is 0 Å². The highest BCUT2D eigenvalue weighted by molar-refractivity contribution is 7.71. The number of aromatic amines is 1. The summed E-state index contributed by atoms with van der Waals surface area (Å²) < 4.78 is 2.06. The molecule has 0 bridgehead atoms. The molecule has 0 radical (unpaired) electrons. The lowest BCUT2D eigenvalue weighted by atomic mass is 10.1. The molecule has 3 aromatic rings. The highest BCUT2D eigenvalue weighted by Gasteiger charge is 2.14. The summed E-state index contributed by atoms with van der Waals surface area (Å²) in [6, 6.07) is 17.7. The van der Waals surface area contributed by atoms with Crippen LogP contribution < -0.4 is 10.9 Å². The fraction of sp³-hybridized carbons (Fsp3) is 0.400. The topological polar surface area (TPSA) is 70.1 Å². The number of nitrogens with one attached hydrogen (secondary N) is 2. The molecule has 32 heavy (non-hydrogen) atoms. The maximum atomic E-state index is 12.7.